The number of aliphatic hydroxyl groups excluding tert-OH is 2. The highest BCUT2D eigenvalue weighted by Gasteiger charge is 2.42. The fourth-order valence-electron chi connectivity index (χ4n) is 4.84. The van der Waals surface area contributed by atoms with Crippen LogP contribution in [0.15, 0.2) is 44.8 Å². The summed E-state index contributed by atoms with van der Waals surface area (Å²) in [6.07, 6.45) is 7.10. The zero-order chi connectivity index (χ0) is 31.4. The fraction of sp³-hybridized carbons (Fsp3) is 0.480. The number of hydrogen-bond acceptors (Lipinski definition) is 12. The molecule has 0 aliphatic carbocycles. The molecule has 2 unspecified atom stereocenters. The van der Waals surface area contributed by atoms with Gasteiger partial charge in [-0.2, -0.15) is 5.10 Å². The van der Waals surface area contributed by atoms with E-state index in [9.17, 15) is 36.3 Å². The number of nitrogens with one attached hydrogen (secondary N) is 2. The molecule has 16 nitrogen and oxygen atoms in total. The number of aliphatic hydroxyl groups is 2. The molecule has 3 aliphatic rings. The first-order valence-corrected chi connectivity index (χ1v) is 17.0. The molecule has 3 aliphatic heterocycles. The van der Waals surface area contributed by atoms with Crippen LogP contribution in [0.1, 0.15) is 30.1 Å². The maximum absolute atomic E-state index is 13.1. The Morgan fingerprint density at radius 2 is 1.72 bits per heavy atom. The normalized spacial score (nSPS) is 24.6. The molecular weight excluding hydrogens is 608 g/mol. The molecule has 2 atom stereocenters. The summed E-state index contributed by atoms with van der Waals surface area (Å²) < 4.78 is 48.8. The maximum Gasteiger partial charge on any atom is 0.276 e. The van der Waals surface area contributed by atoms with Crippen molar-refractivity contribution in [1.82, 2.24) is 20.1 Å². The summed E-state index contributed by atoms with van der Waals surface area (Å²) in [7, 11) is -6.68. The number of aromatic amines is 1. The highest BCUT2D eigenvalue weighted by Crippen LogP contribution is 2.25. The van der Waals surface area contributed by atoms with E-state index < -0.39 is 61.6 Å². The van der Waals surface area contributed by atoms with Gasteiger partial charge in [0.1, 0.15) is 0 Å². The van der Waals surface area contributed by atoms with Gasteiger partial charge in [0.25, 0.3) is 17.4 Å². The second-order valence-corrected chi connectivity index (χ2v) is 14.5. The van der Waals surface area contributed by atoms with E-state index in [-0.39, 0.29) is 78.1 Å². The average molecular weight is 640 g/mol. The second-order valence-electron chi connectivity index (χ2n) is 10.0. The van der Waals surface area contributed by atoms with Crippen molar-refractivity contribution in [2.75, 3.05) is 49.3 Å². The minimum atomic E-state index is -3.35. The first kappa shape index (κ1) is 32.1. The molecule has 1 aromatic rings. The van der Waals surface area contributed by atoms with Crippen LogP contribution in [0.4, 0.5) is 0 Å². The minimum absolute atomic E-state index is 0.0931. The third kappa shape index (κ3) is 7.38. The first-order chi connectivity index (χ1) is 20.4. The van der Waals surface area contributed by atoms with Gasteiger partial charge in [0, 0.05) is 12.4 Å². The van der Waals surface area contributed by atoms with Crippen LogP contribution in [-0.4, -0.2) is 121 Å². The molecule has 1 aromatic heterocycles. The SMILES string of the molecule is O=C(NCCO)C1=NN(C2CCS(=O)(=O)C2)C(=O)\C1=C/C=C/C=C/c1c(C([O-])=NCCO)[nH]n(C2CCS(=O)(=O)C2)c1=O. The van der Waals surface area contributed by atoms with Gasteiger partial charge >= 0.3 is 0 Å². The number of rotatable bonds is 11. The summed E-state index contributed by atoms with van der Waals surface area (Å²) in [5.41, 5.74) is -1.29. The van der Waals surface area contributed by atoms with E-state index in [0.717, 1.165) is 9.69 Å². The molecule has 0 saturated carbocycles. The van der Waals surface area contributed by atoms with E-state index in [1.165, 1.54) is 30.4 Å². The average Bonchev–Trinajstić information content (AvgIpc) is 3.69. The highest BCUT2D eigenvalue weighted by atomic mass is 32.2. The third-order valence-electron chi connectivity index (χ3n) is 6.91. The molecule has 2 fully saturated rings. The number of hydrogen-bond donors (Lipinski definition) is 4. The Balaban J connectivity index is 1.60. The molecule has 4 heterocycles. The Labute approximate surface area is 246 Å². The molecule has 2 saturated heterocycles. The van der Waals surface area contributed by atoms with Gasteiger partial charge in [-0.15, -0.1) is 0 Å². The smallest absolute Gasteiger partial charge is 0.276 e. The van der Waals surface area contributed by atoms with E-state index in [4.69, 9.17) is 10.2 Å². The summed E-state index contributed by atoms with van der Waals surface area (Å²) in [5, 5.41) is 40.8. The largest absolute Gasteiger partial charge is 0.857 e. The van der Waals surface area contributed by atoms with Crippen LogP contribution in [0.5, 0.6) is 0 Å². The Morgan fingerprint density at radius 3 is 2.33 bits per heavy atom. The number of amides is 2. The number of carbonyl (C=O) groups is 2. The van der Waals surface area contributed by atoms with Crippen molar-refractivity contribution in [1.29, 1.82) is 0 Å². The third-order valence-corrected chi connectivity index (χ3v) is 10.4. The van der Waals surface area contributed by atoms with Crippen LogP contribution in [-0.2, 0) is 29.3 Å². The van der Waals surface area contributed by atoms with Gasteiger partial charge in [0.2, 0.25) is 0 Å². The van der Waals surface area contributed by atoms with E-state index in [1.807, 2.05) is 0 Å². The summed E-state index contributed by atoms with van der Waals surface area (Å²) in [6, 6.07) is -1.42. The summed E-state index contributed by atoms with van der Waals surface area (Å²) >= 11 is 0. The van der Waals surface area contributed by atoms with Crippen molar-refractivity contribution in [2.24, 2.45) is 10.1 Å². The summed E-state index contributed by atoms with van der Waals surface area (Å²) in [5.74, 6) is -2.98. The lowest BCUT2D eigenvalue weighted by molar-refractivity contribution is -0.213. The zero-order valence-corrected chi connectivity index (χ0v) is 24.5. The number of nitrogens with zero attached hydrogens (tertiary/aromatic N) is 4. The first-order valence-electron chi connectivity index (χ1n) is 13.3. The lowest BCUT2D eigenvalue weighted by Gasteiger charge is -2.17. The topological polar surface area (TPSA) is 244 Å². The Kier molecular flexibility index (Phi) is 9.83. The Morgan fingerprint density at radius 1 is 1.05 bits per heavy atom. The van der Waals surface area contributed by atoms with Crippen LogP contribution in [0.3, 0.4) is 0 Å². The van der Waals surface area contributed by atoms with Crippen molar-refractivity contribution >= 4 is 49.2 Å². The highest BCUT2D eigenvalue weighted by molar-refractivity contribution is 7.91. The molecule has 4 N–H and O–H groups in total. The van der Waals surface area contributed by atoms with E-state index in [1.54, 1.807) is 0 Å². The molecule has 43 heavy (non-hydrogen) atoms. The number of hydrazone groups is 1. The minimum Gasteiger partial charge on any atom is -0.857 e. The molecular formula is C25H31N6O10S2-. The molecule has 2 amide bonds. The monoisotopic (exact) mass is 639 g/mol. The number of H-pyrrole nitrogens is 1. The second kappa shape index (κ2) is 13.2. The van der Waals surface area contributed by atoms with Gasteiger partial charge in [-0.3, -0.25) is 24.5 Å². The van der Waals surface area contributed by atoms with Gasteiger partial charge < -0.3 is 20.6 Å². The van der Waals surface area contributed by atoms with Crippen LogP contribution in [0.25, 0.3) is 6.08 Å². The predicted octanol–water partition coefficient (Wildman–Crippen LogP) is -3.38. The van der Waals surface area contributed by atoms with E-state index in [2.05, 4.69) is 20.5 Å². The standard InChI is InChI=1S/C25H32N6O10S2/c32-10-8-26-22(34)20-18(24(36)30(28-20)16-6-12-42(38,39)14-16)4-2-1-3-5-19-21(23(35)27-9-11-33)29-31(25(19)37)17-7-13-43(40,41)15-17/h1-5,16-17,28,32-33H,6-15H2,(H,26,34)(H,27,35)/p-1/b3-1+,4-2+,19-5-. The summed E-state index contributed by atoms with van der Waals surface area (Å²) in [6.45, 7) is -1.04. The quantitative estimate of drug-likeness (QED) is 0.0810. The maximum atomic E-state index is 13.1. The molecule has 0 radical (unpaired) electrons. The van der Waals surface area contributed by atoms with Crippen LogP contribution < -0.4 is 16.0 Å². The van der Waals surface area contributed by atoms with Crippen molar-refractivity contribution in [2.45, 2.75) is 24.9 Å². The van der Waals surface area contributed by atoms with Crippen LogP contribution >= 0.6 is 0 Å². The van der Waals surface area contributed by atoms with Gasteiger partial charge in [-0.05, 0) is 25.0 Å². The van der Waals surface area contributed by atoms with E-state index in [0.29, 0.717) is 0 Å². The number of carbonyl (C=O) groups excluding carboxylic acids is 2. The van der Waals surface area contributed by atoms with Gasteiger partial charge in [0.05, 0.1) is 71.7 Å². The molecule has 0 spiro atoms. The summed E-state index contributed by atoms with van der Waals surface area (Å²) in [4.78, 5) is 42.5. The number of allylic oxidation sites excluding steroid dienone is 4. The van der Waals surface area contributed by atoms with Gasteiger partial charge in [0.15, 0.2) is 25.4 Å². The molecule has 0 bridgehead atoms. The number of aromatic nitrogens is 2. The van der Waals surface area contributed by atoms with Gasteiger partial charge in [-0.1, -0.05) is 18.2 Å². The molecule has 18 heteroatoms. The lowest BCUT2D eigenvalue weighted by atomic mass is 10.1. The van der Waals surface area contributed by atoms with Crippen molar-refractivity contribution in [3.05, 3.63) is 51.5 Å². The molecule has 0 aromatic carbocycles. The van der Waals surface area contributed by atoms with Gasteiger partial charge in [-0.25, -0.2) is 26.5 Å². The zero-order valence-electron chi connectivity index (χ0n) is 22.9. The number of aliphatic imine (C=N–C) groups is 1. The fourth-order valence-corrected chi connectivity index (χ4v) is 8.23. The van der Waals surface area contributed by atoms with Crippen molar-refractivity contribution in [3.8, 4) is 0 Å². The van der Waals surface area contributed by atoms with Crippen molar-refractivity contribution in [3.63, 3.8) is 0 Å². The van der Waals surface area contributed by atoms with Crippen LogP contribution in [0.2, 0.25) is 0 Å². The lowest BCUT2D eigenvalue weighted by Crippen LogP contribution is -2.35. The Hall–Kier alpha value is -3.87. The predicted molar refractivity (Wildman–Crippen MR) is 154 cm³/mol. The molecule has 4 rings (SSSR count). The number of sulfone groups is 2. The molecule has 234 valence electrons. The Bertz CT molecular complexity index is 1700. The van der Waals surface area contributed by atoms with Crippen molar-refractivity contribution < 1.29 is 41.7 Å². The van der Waals surface area contributed by atoms with E-state index >= 15 is 0 Å². The van der Waals surface area contributed by atoms with Crippen LogP contribution in [0, 0.1) is 0 Å².